The second kappa shape index (κ2) is 10.8. The van der Waals surface area contributed by atoms with Crippen molar-refractivity contribution in [2.24, 2.45) is 0 Å². The Balaban J connectivity index is 1.35. The molecule has 0 atom stereocenters. The summed E-state index contributed by atoms with van der Waals surface area (Å²) in [6.07, 6.45) is 0. The van der Waals surface area contributed by atoms with Crippen LogP contribution in [-0.2, 0) is 0 Å². The summed E-state index contributed by atoms with van der Waals surface area (Å²) in [5.74, 6) is 1.62. The van der Waals surface area contributed by atoms with E-state index in [1.807, 2.05) is 6.07 Å². The lowest BCUT2D eigenvalue weighted by molar-refractivity contribution is 1.08. The molecule has 0 bridgehead atoms. The van der Waals surface area contributed by atoms with Crippen LogP contribution in [0.4, 0.5) is 0 Å². The molecule has 1 aromatic heterocycles. The van der Waals surface area contributed by atoms with Crippen LogP contribution in [0.2, 0.25) is 0 Å². The third-order valence-corrected chi connectivity index (χ3v) is 8.44. The van der Waals surface area contributed by atoms with Gasteiger partial charge in [0.25, 0.3) is 0 Å². The second-order valence-corrected chi connectivity index (χ2v) is 11.2. The van der Waals surface area contributed by atoms with Crippen LogP contribution in [0, 0.1) is 6.92 Å². The van der Waals surface area contributed by atoms with Crippen molar-refractivity contribution in [2.75, 3.05) is 0 Å². The van der Waals surface area contributed by atoms with Crippen LogP contribution >= 0.6 is 0 Å². The van der Waals surface area contributed by atoms with E-state index in [9.17, 15) is 0 Å². The zero-order valence-electron chi connectivity index (χ0n) is 24.4. The van der Waals surface area contributed by atoms with Gasteiger partial charge < -0.3 is 0 Å². The molecule has 7 aromatic carbocycles. The van der Waals surface area contributed by atoms with Gasteiger partial charge in [-0.3, -0.25) is 4.57 Å². The van der Waals surface area contributed by atoms with Crippen LogP contribution < -0.4 is 0 Å². The van der Waals surface area contributed by atoms with Gasteiger partial charge in [0.05, 0.1) is 5.69 Å². The Bertz CT molecular complexity index is 2260. The zero-order valence-corrected chi connectivity index (χ0v) is 24.4. The predicted molar refractivity (Wildman–Crippen MR) is 183 cm³/mol. The van der Waals surface area contributed by atoms with E-state index in [1.54, 1.807) is 0 Å². The molecular formula is C41H29N3. The largest absolute Gasteiger partial charge is 0.274 e. The van der Waals surface area contributed by atoms with Gasteiger partial charge in [-0.05, 0) is 51.4 Å². The monoisotopic (exact) mass is 563 g/mol. The fourth-order valence-electron chi connectivity index (χ4n) is 6.20. The minimum Gasteiger partial charge on any atom is -0.274 e. The van der Waals surface area contributed by atoms with Crippen LogP contribution in [0.1, 0.15) is 5.56 Å². The number of aryl methyl sites for hydroxylation is 1. The molecule has 0 aliphatic heterocycles. The summed E-state index contributed by atoms with van der Waals surface area (Å²) >= 11 is 0. The highest BCUT2D eigenvalue weighted by Gasteiger charge is 2.20. The van der Waals surface area contributed by atoms with Crippen LogP contribution in [0.15, 0.2) is 158 Å². The van der Waals surface area contributed by atoms with Gasteiger partial charge in [0, 0.05) is 16.5 Å². The highest BCUT2D eigenvalue weighted by Crippen LogP contribution is 2.39. The molecule has 3 heteroatoms. The maximum Gasteiger partial charge on any atom is 0.168 e. The average molecular weight is 564 g/mol. The number of nitrogens with zero attached hydrogens (tertiary/aromatic N) is 3. The van der Waals surface area contributed by atoms with E-state index in [-0.39, 0.29) is 0 Å². The summed E-state index contributed by atoms with van der Waals surface area (Å²) in [4.78, 5) is 0. The Morgan fingerprint density at radius 3 is 1.64 bits per heavy atom. The van der Waals surface area contributed by atoms with Gasteiger partial charge in [0.1, 0.15) is 0 Å². The second-order valence-electron chi connectivity index (χ2n) is 11.2. The summed E-state index contributed by atoms with van der Waals surface area (Å²) in [5, 5.41) is 14.4. The van der Waals surface area contributed by atoms with Crippen molar-refractivity contribution < 1.29 is 0 Å². The molecule has 208 valence electrons. The Hall–Kier alpha value is -5.80. The lowest BCUT2D eigenvalue weighted by Crippen LogP contribution is -2.02. The minimum atomic E-state index is 0.809. The van der Waals surface area contributed by atoms with E-state index in [1.165, 1.54) is 44.0 Å². The van der Waals surface area contributed by atoms with Crippen LogP contribution in [0.3, 0.4) is 0 Å². The van der Waals surface area contributed by atoms with Gasteiger partial charge in [-0.1, -0.05) is 157 Å². The van der Waals surface area contributed by atoms with Crippen molar-refractivity contribution >= 4 is 21.5 Å². The molecule has 0 fully saturated rings. The first-order chi connectivity index (χ1) is 21.7. The molecule has 0 N–H and O–H groups in total. The van der Waals surface area contributed by atoms with E-state index in [0.717, 1.165) is 33.8 Å². The lowest BCUT2D eigenvalue weighted by atomic mass is 9.93. The number of hydrogen-bond donors (Lipinski definition) is 0. The molecular weight excluding hydrogens is 534 g/mol. The molecule has 0 saturated heterocycles. The van der Waals surface area contributed by atoms with E-state index in [4.69, 9.17) is 10.2 Å². The first kappa shape index (κ1) is 25.9. The summed E-state index contributed by atoms with van der Waals surface area (Å²) < 4.78 is 2.22. The molecule has 8 rings (SSSR count). The maximum atomic E-state index is 4.81. The summed E-state index contributed by atoms with van der Waals surface area (Å²) in [5.41, 5.74) is 9.09. The molecule has 0 radical (unpaired) electrons. The highest BCUT2D eigenvalue weighted by atomic mass is 15.3. The first-order valence-electron chi connectivity index (χ1n) is 14.9. The van der Waals surface area contributed by atoms with Crippen molar-refractivity contribution in [2.45, 2.75) is 6.92 Å². The third kappa shape index (κ3) is 4.47. The fourth-order valence-corrected chi connectivity index (χ4v) is 6.20. The molecule has 8 aromatic rings. The van der Waals surface area contributed by atoms with Crippen molar-refractivity contribution in [1.82, 2.24) is 14.8 Å². The van der Waals surface area contributed by atoms with Gasteiger partial charge in [0.15, 0.2) is 11.6 Å². The van der Waals surface area contributed by atoms with Crippen LogP contribution in [0.5, 0.6) is 0 Å². The molecule has 0 aliphatic carbocycles. The molecule has 0 saturated carbocycles. The molecule has 0 unspecified atom stereocenters. The first-order valence-corrected chi connectivity index (χ1v) is 14.9. The average Bonchev–Trinajstić information content (AvgIpc) is 3.53. The van der Waals surface area contributed by atoms with Gasteiger partial charge in [-0.25, -0.2) is 0 Å². The van der Waals surface area contributed by atoms with Crippen LogP contribution in [0.25, 0.3) is 72.3 Å². The summed E-state index contributed by atoms with van der Waals surface area (Å²) in [6, 6.07) is 55.9. The molecule has 3 nitrogen and oxygen atoms in total. The number of benzene rings is 7. The summed E-state index contributed by atoms with van der Waals surface area (Å²) in [7, 11) is 0. The normalized spacial score (nSPS) is 11.3. The molecule has 44 heavy (non-hydrogen) atoms. The maximum absolute atomic E-state index is 4.81. The number of fused-ring (bicyclic) bond motifs is 2. The van der Waals surface area contributed by atoms with Crippen molar-refractivity contribution in [3.63, 3.8) is 0 Å². The Morgan fingerprint density at radius 1 is 0.386 bits per heavy atom. The summed E-state index contributed by atoms with van der Waals surface area (Å²) in [6.45, 7) is 2.10. The van der Waals surface area contributed by atoms with Gasteiger partial charge in [-0.2, -0.15) is 0 Å². The van der Waals surface area contributed by atoms with E-state index >= 15 is 0 Å². The number of aromatic nitrogens is 3. The third-order valence-electron chi connectivity index (χ3n) is 8.44. The minimum absolute atomic E-state index is 0.809. The standard InChI is InChI=1S/C41H29N3/c1-28-18-20-32(21-19-28)40-42-43-41(33-24-22-30(23-25-33)29-10-3-2-4-11-29)44(40)39-27-26-37(36-15-7-8-16-38(36)39)35-17-9-13-31-12-5-6-14-34(31)35/h2-27H,1H3. The van der Waals surface area contributed by atoms with E-state index in [2.05, 4.69) is 163 Å². The molecule has 0 spiro atoms. The number of hydrogen-bond acceptors (Lipinski definition) is 2. The van der Waals surface area contributed by atoms with Crippen molar-refractivity contribution in [3.8, 4) is 50.7 Å². The quantitative estimate of drug-likeness (QED) is 0.209. The van der Waals surface area contributed by atoms with E-state index in [0.29, 0.717) is 0 Å². The highest BCUT2D eigenvalue weighted by molar-refractivity contribution is 6.07. The van der Waals surface area contributed by atoms with Gasteiger partial charge in [0.2, 0.25) is 0 Å². The smallest absolute Gasteiger partial charge is 0.168 e. The topological polar surface area (TPSA) is 30.7 Å². The molecule has 1 heterocycles. The Morgan fingerprint density at radius 2 is 0.909 bits per heavy atom. The number of rotatable bonds is 5. The van der Waals surface area contributed by atoms with E-state index < -0.39 is 0 Å². The predicted octanol–water partition coefficient (Wildman–Crippen LogP) is 10.6. The zero-order chi connectivity index (χ0) is 29.5. The SMILES string of the molecule is Cc1ccc(-c2nnc(-c3ccc(-c4ccccc4)cc3)n2-c2ccc(-c3cccc4ccccc34)c3ccccc23)cc1. The lowest BCUT2D eigenvalue weighted by Gasteiger charge is -2.17. The van der Waals surface area contributed by atoms with Gasteiger partial charge >= 0.3 is 0 Å². The fraction of sp³-hybridized carbons (Fsp3) is 0.0244. The molecule has 0 aliphatic rings. The van der Waals surface area contributed by atoms with Gasteiger partial charge in [-0.15, -0.1) is 10.2 Å². The van der Waals surface area contributed by atoms with Crippen molar-refractivity contribution in [1.29, 1.82) is 0 Å². The Labute approximate surface area is 256 Å². The Kier molecular flexibility index (Phi) is 6.35. The van der Waals surface area contributed by atoms with Crippen LogP contribution in [-0.4, -0.2) is 14.8 Å². The molecule has 0 amide bonds. The van der Waals surface area contributed by atoms with Crippen molar-refractivity contribution in [3.05, 3.63) is 163 Å².